The molecule has 17 heavy (non-hydrogen) atoms. The third-order valence-electron chi connectivity index (χ3n) is 1.93. The van der Waals surface area contributed by atoms with Crippen molar-refractivity contribution in [2.24, 2.45) is 0 Å². The first kappa shape index (κ1) is 13.4. The maximum absolute atomic E-state index is 11.6. The zero-order chi connectivity index (χ0) is 13.1. The van der Waals surface area contributed by atoms with Crippen LogP contribution in [0.15, 0.2) is 18.3 Å². The normalized spacial score (nSPS) is 13.1. The Morgan fingerprint density at radius 3 is 2.76 bits per heavy atom. The molecule has 1 atom stereocenters. The van der Waals surface area contributed by atoms with Gasteiger partial charge in [-0.25, -0.2) is 13.4 Å². The monoisotopic (exact) mass is 258 g/mol. The SMILES string of the molecule is CC(CS(C)(=O)=O)NC(=O)c1ncccc1O. The molecule has 0 spiro atoms. The fourth-order valence-corrected chi connectivity index (χ4v) is 2.35. The van der Waals surface area contributed by atoms with Crippen LogP contribution < -0.4 is 5.32 Å². The number of sulfone groups is 1. The Bertz CT molecular complexity index is 513. The van der Waals surface area contributed by atoms with E-state index in [0.717, 1.165) is 6.26 Å². The molecule has 7 heteroatoms. The molecule has 94 valence electrons. The summed E-state index contributed by atoms with van der Waals surface area (Å²) in [7, 11) is -3.16. The van der Waals surface area contributed by atoms with E-state index in [4.69, 9.17) is 0 Å². The molecule has 0 aromatic carbocycles. The maximum Gasteiger partial charge on any atom is 0.273 e. The highest BCUT2D eigenvalue weighted by Gasteiger charge is 2.17. The van der Waals surface area contributed by atoms with Gasteiger partial charge in [0.05, 0.1) is 5.75 Å². The van der Waals surface area contributed by atoms with Gasteiger partial charge in [0.1, 0.15) is 15.6 Å². The van der Waals surface area contributed by atoms with Gasteiger partial charge in [-0.3, -0.25) is 4.79 Å². The predicted molar refractivity (Wildman–Crippen MR) is 62.5 cm³/mol. The number of amides is 1. The molecule has 1 aromatic heterocycles. The minimum absolute atomic E-state index is 0.118. The summed E-state index contributed by atoms with van der Waals surface area (Å²) < 4.78 is 22.0. The molecule has 1 aromatic rings. The van der Waals surface area contributed by atoms with Crippen molar-refractivity contribution in [3.05, 3.63) is 24.0 Å². The molecule has 0 aliphatic heterocycles. The number of pyridine rings is 1. The summed E-state index contributed by atoms with van der Waals surface area (Å²) in [4.78, 5) is 15.3. The van der Waals surface area contributed by atoms with Gasteiger partial charge >= 0.3 is 0 Å². The summed E-state index contributed by atoms with van der Waals surface area (Å²) in [5.41, 5.74) is -0.118. The summed E-state index contributed by atoms with van der Waals surface area (Å²) in [6.45, 7) is 1.57. The van der Waals surface area contributed by atoms with Gasteiger partial charge in [-0.1, -0.05) is 0 Å². The van der Waals surface area contributed by atoms with Crippen molar-refractivity contribution in [3.63, 3.8) is 0 Å². The average Bonchev–Trinajstić information content (AvgIpc) is 2.14. The molecule has 1 amide bonds. The summed E-state index contributed by atoms with van der Waals surface area (Å²) in [6, 6.07) is 2.29. The molecule has 0 aliphatic carbocycles. The second-order valence-electron chi connectivity index (χ2n) is 3.84. The van der Waals surface area contributed by atoms with E-state index in [1.54, 1.807) is 6.92 Å². The predicted octanol–water partition coefficient (Wildman–Crippen LogP) is -0.0499. The standard InChI is InChI=1S/C10H14N2O4S/c1-7(6-17(2,15)16)12-10(14)9-8(13)4-3-5-11-9/h3-5,7,13H,6H2,1-2H3,(H,12,14). The van der Waals surface area contributed by atoms with Crippen molar-refractivity contribution in [1.82, 2.24) is 10.3 Å². The lowest BCUT2D eigenvalue weighted by Crippen LogP contribution is -2.37. The molecule has 0 aliphatic rings. The largest absolute Gasteiger partial charge is 0.505 e. The zero-order valence-electron chi connectivity index (χ0n) is 9.54. The Labute approximate surface area is 99.6 Å². The number of aromatic hydroxyl groups is 1. The minimum atomic E-state index is -3.16. The Balaban J connectivity index is 2.71. The van der Waals surface area contributed by atoms with Gasteiger partial charge in [0, 0.05) is 18.5 Å². The lowest BCUT2D eigenvalue weighted by Gasteiger charge is -2.12. The van der Waals surface area contributed by atoms with Gasteiger partial charge in [0.25, 0.3) is 5.91 Å². The van der Waals surface area contributed by atoms with Crippen LogP contribution in [0, 0.1) is 0 Å². The van der Waals surface area contributed by atoms with Gasteiger partial charge in [-0.05, 0) is 19.1 Å². The number of hydrogen-bond acceptors (Lipinski definition) is 5. The van der Waals surface area contributed by atoms with Crippen molar-refractivity contribution in [3.8, 4) is 5.75 Å². The summed E-state index contributed by atoms with van der Waals surface area (Å²) in [5.74, 6) is -0.998. The Kier molecular flexibility index (Phi) is 4.06. The van der Waals surface area contributed by atoms with E-state index >= 15 is 0 Å². The number of rotatable bonds is 4. The lowest BCUT2D eigenvalue weighted by molar-refractivity contribution is 0.0935. The van der Waals surface area contributed by atoms with E-state index in [-0.39, 0.29) is 17.2 Å². The van der Waals surface area contributed by atoms with E-state index in [1.807, 2.05) is 0 Å². The van der Waals surface area contributed by atoms with Crippen molar-refractivity contribution in [1.29, 1.82) is 0 Å². The summed E-state index contributed by atoms with van der Waals surface area (Å²) >= 11 is 0. The van der Waals surface area contributed by atoms with Crippen molar-refractivity contribution >= 4 is 15.7 Å². The molecular weight excluding hydrogens is 244 g/mol. The average molecular weight is 258 g/mol. The van der Waals surface area contributed by atoms with Gasteiger partial charge in [0.15, 0.2) is 5.69 Å². The molecule has 0 fully saturated rings. The Hall–Kier alpha value is -1.63. The fraction of sp³-hybridized carbons (Fsp3) is 0.400. The lowest BCUT2D eigenvalue weighted by atomic mass is 10.3. The fourth-order valence-electron chi connectivity index (χ4n) is 1.36. The van der Waals surface area contributed by atoms with Crippen LogP contribution in [0.1, 0.15) is 17.4 Å². The molecular formula is C10H14N2O4S. The quantitative estimate of drug-likeness (QED) is 0.789. The second-order valence-corrected chi connectivity index (χ2v) is 6.02. The second kappa shape index (κ2) is 5.13. The van der Waals surface area contributed by atoms with Crippen molar-refractivity contribution in [2.75, 3.05) is 12.0 Å². The summed E-state index contributed by atoms with van der Waals surface area (Å²) in [6.07, 6.45) is 2.46. The molecule has 0 saturated heterocycles. The van der Waals surface area contributed by atoms with Crippen LogP contribution in [0.2, 0.25) is 0 Å². The summed E-state index contributed by atoms with van der Waals surface area (Å²) in [5, 5.41) is 11.8. The first-order valence-electron chi connectivity index (χ1n) is 4.92. The smallest absolute Gasteiger partial charge is 0.273 e. The molecule has 1 rings (SSSR count). The van der Waals surface area contributed by atoms with E-state index in [0.29, 0.717) is 0 Å². The first-order valence-corrected chi connectivity index (χ1v) is 6.98. The highest BCUT2D eigenvalue weighted by molar-refractivity contribution is 7.90. The number of nitrogens with one attached hydrogen (secondary N) is 1. The maximum atomic E-state index is 11.6. The highest BCUT2D eigenvalue weighted by atomic mass is 32.2. The molecule has 0 saturated carbocycles. The number of carbonyl (C=O) groups excluding carboxylic acids is 1. The third kappa shape index (κ3) is 4.39. The molecule has 1 unspecified atom stereocenters. The zero-order valence-corrected chi connectivity index (χ0v) is 10.4. The van der Waals surface area contributed by atoms with Crippen LogP contribution in [0.4, 0.5) is 0 Å². The number of hydrogen-bond donors (Lipinski definition) is 2. The molecule has 1 heterocycles. The van der Waals surface area contributed by atoms with Gasteiger partial charge < -0.3 is 10.4 Å². The van der Waals surface area contributed by atoms with Crippen LogP contribution in [-0.2, 0) is 9.84 Å². The number of carbonyl (C=O) groups is 1. The Morgan fingerprint density at radius 2 is 2.24 bits per heavy atom. The first-order chi connectivity index (χ1) is 7.79. The number of nitrogens with zero attached hydrogens (tertiary/aromatic N) is 1. The van der Waals surface area contributed by atoms with Crippen LogP contribution >= 0.6 is 0 Å². The van der Waals surface area contributed by atoms with Crippen LogP contribution in [0.5, 0.6) is 5.75 Å². The van der Waals surface area contributed by atoms with Gasteiger partial charge in [-0.2, -0.15) is 0 Å². The third-order valence-corrected chi connectivity index (χ3v) is 3.04. The van der Waals surface area contributed by atoms with Gasteiger partial charge in [0.2, 0.25) is 0 Å². The van der Waals surface area contributed by atoms with Crippen LogP contribution in [0.3, 0.4) is 0 Å². The Morgan fingerprint density at radius 1 is 1.59 bits per heavy atom. The van der Waals surface area contributed by atoms with Crippen LogP contribution in [0.25, 0.3) is 0 Å². The molecule has 6 nitrogen and oxygen atoms in total. The van der Waals surface area contributed by atoms with Crippen molar-refractivity contribution in [2.45, 2.75) is 13.0 Å². The topological polar surface area (TPSA) is 96.4 Å². The molecule has 0 radical (unpaired) electrons. The molecule has 0 bridgehead atoms. The van der Waals surface area contributed by atoms with Gasteiger partial charge in [-0.15, -0.1) is 0 Å². The van der Waals surface area contributed by atoms with E-state index < -0.39 is 21.8 Å². The minimum Gasteiger partial charge on any atom is -0.505 e. The van der Waals surface area contributed by atoms with Crippen molar-refractivity contribution < 1.29 is 18.3 Å². The van der Waals surface area contributed by atoms with E-state index in [9.17, 15) is 18.3 Å². The van der Waals surface area contributed by atoms with Crippen LogP contribution in [-0.4, -0.2) is 42.5 Å². The van der Waals surface area contributed by atoms with E-state index in [2.05, 4.69) is 10.3 Å². The number of aromatic nitrogens is 1. The molecule has 2 N–H and O–H groups in total. The van der Waals surface area contributed by atoms with E-state index in [1.165, 1.54) is 18.3 Å². The highest BCUT2D eigenvalue weighted by Crippen LogP contribution is 2.12.